The van der Waals surface area contributed by atoms with Gasteiger partial charge in [-0.15, -0.1) is 0 Å². The number of nitrogens with zero attached hydrogens (tertiary/aromatic N) is 1. The molecule has 1 aliphatic rings. The van der Waals surface area contributed by atoms with Crippen molar-refractivity contribution >= 4 is 26.2 Å². The molecule has 4 rings (SSSR count). The van der Waals surface area contributed by atoms with Crippen molar-refractivity contribution in [3.05, 3.63) is 104 Å². The molecule has 1 N–H and O–H groups in total. The molecule has 2 heterocycles. The Labute approximate surface area is 284 Å². The second-order valence-electron chi connectivity index (χ2n) is 11.7. The highest BCUT2D eigenvalue weighted by molar-refractivity contribution is 7.86. The number of hydrogen-bond donors (Lipinski definition) is 1. The molecule has 1 aromatic heterocycles. The molecule has 3 aromatic rings. The summed E-state index contributed by atoms with van der Waals surface area (Å²) in [4.78, 5) is 40.5. The number of nitrogens with one attached hydrogen (secondary N) is 1. The van der Waals surface area contributed by atoms with E-state index in [0.29, 0.717) is 5.56 Å². The zero-order valence-corrected chi connectivity index (χ0v) is 29.2. The van der Waals surface area contributed by atoms with Crippen molar-refractivity contribution < 1.29 is 48.9 Å². The molecule has 49 heavy (non-hydrogen) atoms. The Hall–Kier alpha value is -3.71. The highest BCUT2D eigenvalue weighted by Crippen LogP contribution is 2.52. The molecule has 1 saturated heterocycles. The van der Waals surface area contributed by atoms with E-state index in [2.05, 4.69) is 4.98 Å². The average Bonchev–Trinajstić information content (AvgIpc) is 3.28. The third-order valence-corrected chi connectivity index (χ3v) is 8.94. The maximum absolute atomic E-state index is 13.3. The van der Waals surface area contributed by atoms with Crippen molar-refractivity contribution in [1.29, 1.82) is 0 Å². The fraction of sp³-hybridized carbons (Fsp3) is 0.469. The molecular formula is C32H40N2O13S2. The average molecular weight is 725 g/mol. The molecule has 2 aromatic carbocycles. The van der Waals surface area contributed by atoms with Crippen LogP contribution in [0.4, 0.5) is 0 Å². The van der Waals surface area contributed by atoms with Crippen LogP contribution in [0.5, 0.6) is 0 Å². The van der Waals surface area contributed by atoms with Crippen molar-refractivity contribution in [3.63, 3.8) is 0 Å². The zero-order chi connectivity index (χ0) is 35.9. The van der Waals surface area contributed by atoms with Gasteiger partial charge in [-0.3, -0.25) is 27.5 Å². The van der Waals surface area contributed by atoms with Crippen molar-refractivity contribution in [3.8, 4) is 0 Å². The van der Waals surface area contributed by atoms with Crippen LogP contribution in [0, 0.1) is 6.92 Å². The fourth-order valence-corrected chi connectivity index (χ4v) is 6.40. The number of aromatic nitrogens is 2. The van der Waals surface area contributed by atoms with Crippen LogP contribution in [-0.2, 0) is 65.6 Å². The maximum atomic E-state index is 13.3. The van der Waals surface area contributed by atoms with Gasteiger partial charge in [0.1, 0.15) is 18.8 Å². The van der Waals surface area contributed by atoms with Crippen molar-refractivity contribution in [2.24, 2.45) is 0 Å². The van der Waals surface area contributed by atoms with Crippen LogP contribution in [0.15, 0.2) is 76.4 Å². The highest BCUT2D eigenvalue weighted by atomic mass is 32.2. The first-order chi connectivity index (χ1) is 23.0. The summed E-state index contributed by atoms with van der Waals surface area (Å²) >= 11 is 0. The van der Waals surface area contributed by atoms with E-state index in [0.717, 1.165) is 29.6 Å². The zero-order valence-electron chi connectivity index (χ0n) is 27.5. The minimum Gasteiger partial charge on any atom is -0.454 e. The third kappa shape index (κ3) is 9.94. The Morgan fingerprint density at radius 3 is 1.98 bits per heavy atom. The number of ether oxygens (including phenoxy) is 4. The van der Waals surface area contributed by atoms with Crippen LogP contribution in [0.2, 0.25) is 0 Å². The quantitative estimate of drug-likeness (QED) is 0.121. The molecule has 0 saturated carbocycles. The van der Waals surface area contributed by atoms with E-state index in [1.807, 2.05) is 30.3 Å². The molecule has 0 radical (unpaired) electrons. The molecule has 0 spiro atoms. The number of carbonyl (C=O) groups excluding carboxylic acids is 1. The van der Waals surface area contributed by atoms with Crippen LogP contribution >= 0.6 is 0 Å². The van der Waals surface area contributed by atoms with Gasteiger partial charge in [0.25, 0.3) is 25.8 Å². The minimum atomic E-state index is -4.21. The van der Waals surface area contributed by atoms with Crippen LogP contribution in [0.1, 0.15) is 42.7 Å². The van der Waals surface area contributed by atoms with Crippen LogP contribution in [0.3, 0.4) is 0 Å². The predicted octanol–water partition coefficient (Wildman–Crippen LogP) is 1.95. The van der Waals surface area contributed by atoms with Gasteiger partial charge >= 0.3 is 11.7 Å². The number of esters is 1. The molecule has 1 aliphatic heterocycles. The van der Waals surface area contributed by atoms with Gasteiger partial charge in [-0.25, -0.2) is 4.79 Å². The molecule has 1 fully saturated rings. The highest BCUT2D eigenvalue weighted by Gasteiger charge is 2.70. The third-order valence-electron chi connectivity index (χ3n) is 7.85. The van der Waals surface area contributed by atoms with E-state index in [-0.39, 0.29) is 38.2 Å². The summed E-state index contributed by atoms with van der Waals surface area (Å²) in [7, 11) is -8.43. The largest absolute Gasteiger partial charge is 0.454 e. The first-order valence-corrected chi connectivity index (χ1v) is 18.8. The number of H-pyrrole nitrogens is 1. The van der Waals surface area contributed by atoms with Crippen molar-refractivity contribution in [2.75, 3.05) is 32.3 Å². The Morgan fingerprint density at radius 2 is 1.45 bits per heavy atom. The predicted molar refractivity (Wildman–Crippen MR) is 175 cm³/mol. The van der Waals surface area contributed by atoms with Gasteiger partial charge in [-0.1, -0.05) is 60.7 Å². The molecule has 0 unspecified atom stereocenters. The van der Waals surface area contributed by atoms with Crippen molar-refractivity contribution in [1.82, 2.24) is 9.55 Å². The second-order valence-corrected chi connectivity index (χ2v) is 15.0. The van der Waals surface area contributed by atoms with Gasteiger partial charge in [0.2, 0.25) is 0 Å². The molecule has 0 aliphatic carbocycles. The summed E-state index contributed by atoms with van der Waals surface area (Å²) in [5.74, 6) is -0.829. The summed E-state index contributed by atoms with van der Waals surface area (Å²) in [6.07, 6.45) is -0.342. The summed E-state index contributed by atoms with van der Waals surface area (Å²) < 4.78 is 86.1. The fourth-order valence-electron chi connectivity index (χ4n) is 5.59. The van der Waals surface area contributed by atoms with E-state index in [4.69, 9.17) is 27.3 Å². The normalized spacial score (nSPS) is 20.7. The minimum absolute atomic E-state index is 0.0900. The van der Waals surface area contributed by atoms with Gasteiger partial charge in [0.15, 0.2) is 17.9 Å². The molecule has 0 amide bonds. The SMILES string of the molecule is CC(=O)O[C@H]1[C@H](n2cc(C)c(=O)[nH]c2=O)OC(COS(C)(=O)=O)(COS(C)(=O)=O)[C@@]1(CCCOCc1ccccc1)OCc1ccccc1. The summed E-state index contributed by atoms with van der Waals surface area (Å²) in [5, 5.41) is 0. The monoisotopic (exact) mass is 724 g/mol. The van der Waals surface area contributed by atoms with E-state index < -0.39 is 74.2 Å². The van der Waals surface area contributed by atoms with Gasteiger partial charge in [-0.05, 0) is 30.9 Å². The number of benzene rings is 2. The topological polar surface area (TPSA) is 196 Å². The standard InChI is InChI=1S/C32H40N2O13S2/c1-23-18-34(30(37)33-28(23)36)29-27(46-24(2)35)32(43-20-26-14-9-6-10-15-26,16-11-17-42-19-25-12-7-5-8-13-25)31(47-29,21-44-48(3,38)39)22-45-49(4,40)41/h5-10,12-15,18,27,29H,11,16-17,19-22H2,1-4H3,(H,33,36,37)/t27-,29+,32-/m0/s1. The first kappa shape index (κ1) is 38.1. The van der Waals surface area contributed by atoms with Gasteiger partial charge in [-0.2, -0.15) is 16.8 Å². The number of hydrogen-bond acceptors (Lipinski definition) is 13. The van der Waals surface area contributed by atoms with Crippen LogP contribution < -0.4 is 11.2 Å². The summed E-state index contributed by atoms with van der Waals surface area (Å²) in [6, 6.07) is 18.2. The van der Waals surface area contributed by atoms with E-state index in [1.54, 1.807) is 30.3 Å². The lowest BCUT2D eigenvalue weighted by molar-refractivity contribution is -0.215. The van der Waals surface area contributed by atoms with Crippen molar-refractivity contribution in [2.45, 2.75) is 63.4 Å². The Kier molecular flexibility index (Phi) is 12.3. The maximum Gasteiger partial charge on any atom is 0.330 e. The first-order valence-electron chi connectivity index (χ1n) is 15.2. The Morgan fingerprint density at radius 1 is 0.898 bits per heavy atom. The Bertz CT molecular complexity index is 1880. The second kappa shape index (κ2) is 15.9. The van der Waals surface area contributed by atoms with E-state index >= 15 is 0 Å². The lowest BCUT2D eigenvalue weighted by Gasteiger charge is -2.45. The summed E-state index contributed by atoms with van der Waals surface area (Å²) in [5.41, 5.74) is -4.14. The Balaban J connectivity index is 1.91. The molecule has 3 atom stereocenters. The lowest BCUT2D eigenvalue weighted by Crippen LogP contribution is -2.63. The lowest BCUT2D eigenvalue weighted by atomic mass is 9.77. The molecule has 268 valence electrons. The summed E-state index contributed by atoms with van der Waals surface area (Å²) in [6.45, 7) is 0.994. The number of rotatable bonds is 17. The number of carbonyl (C=O) groups is 1. The smallest absolute Gasteiger partial charge is 0.330 e. The van der Waals surface area contributed by atoms with Crippen LogP contribution in [-0.4, -0.2) is 82.0 Å². The molecule has 0 bridgehead atoms. The van der Waals surface area contributed by atoms with Gasteiger partial charge < -0.3 is 18.9 Å². The molecular weight excluding hydrogens is 684 g/mol. The van der Waals surface area contributed by atoms with Crippen LogP contribution in [0.25, 0.3) is 0 Å². The van der Waals surface area contributed by atoms with Gasteiger partial charge in [0.05, 0.1) is 25.7 Å². The number of aromatic amines is 1. The number of aryl methyl sites for hydroxylation is 1. The van der Waals surface area contributed by atoms with Gasteiger partial charge in [0, 0.05) is 25.3 Å². The molecule has 17 heteroatoms. The molecule has 15 nitrogen and oxygen atoms in total. The van der Waals surface area contributed by atoms with E-state index in [9.17, 15) is 31.2 Å². The van der Waals surface area contributed by atoms with E-state index in [1.165, 1.54) is 13.1 Å².